The number of rotatable bonds is 3. The fourth-order valence-corrected chi connectivity index (χ4v) is 2.20. The maximum Gasteiger partial charge on any atom is 0.573 e. The van der Waals surface area contributed by atoms with Crippen molar-refractivity contribution in [3.05, 3.63) is 24.3 Å². The Labute approximate surface area is 130 Å². The van der Waals surface area contributed by atoms with E-state index in [1.54, 1.807) is 14.1 Å². The van der Waals surface area contributed by atoms with Gasteiger partial charge in [-0.15, -0.1) is 13.2 Å². The maximum atomic E-state index is 12.3. The molecule has 0 radical (unpaired) electrons. The molecule has 1 aliphatic heterocycles. The van der Waals surface area contributed by atoms with E-state index in [0.717, 1.165) is 12.1 Å². The van der Waals surface area contributed by atoms with E-state index in [1.807, 2.05) is 0 Å². The highest BCUT2D eigenvalue weighted by Gasteiger charge is 2.35. The van der Waals surface area contributed by atoms with E-state index in [9.17, 15) is 22.8 Å². The zero-order chi connectivity index (χ0) is 17.2. The number of halogens is 3. The summed E-state index contributed by atoms with van der Waals surface area (Å²) in [5, 5.41) is 2.57. The highest BCUT2D eigenvalue weighted by molar-refractivity contribution is 6.01. The van der Waals surface area contributed by atoms with Crippen LogP contribution in [0.5, 0.6) is 5.75 Å². The summed E-state index contributed by atoms with van der Waals surface area (Å²) in [5.41, 5.74) is 0.290. The van der Waals surface area contributed by atoms with Crippen molar-refractivity contribution < 1.29 is 27.5 Å². The molecule has 23 heavy (non-hydrogen) atoms. The molecule has 0 aliphatic carbocycles. The summed E-state index contributed by atoms with van der Waals surface area (Å²) in [6.45, 7) is 0.298. The number of carbonyl (C=O) groups is 2. The molecule has 1 heterocycles. The number of alkyl halides is 3. The minimum absolute atomic E-state index is 0.290. The molecule has 1 N–H and O–H groups in total. The highest BCUT2D eigenvalue weighted by atomic mass is 19.4. The molecular weight excluding hydrogens is 315 g/mol. The monoisotopic (exact) mass is 331 g/mol. The van der Waals surface area contributed by atoms with E-state index >= 15 is 0 Å². The summed E-state index contributed by atoms with van der Waals surface area (Å²) in [5.74, 6) is -0.770. The molecule has 1 aromatic rings. The summed E-state index contributed by atoms with van der Waals surface area (Å²) < 4.78 is 40.6. The number of hydrogen-bond donors (Lipinski definition) is 1. The van der Waals surface area contributed by atoms with Crippen molar-refractivity contribution >= 4 is 17.6 Å². The Bertz CT molecular complexity index is 604. The van der Waals surface area contributed by atoms with Crippen LogP contribution >= 0.6 is 0 Å². The molecule has 0 bridgehead atoms. The summed E-state index contributed by atoms with van der Waals surface area (Å²) in [6, 6.07) is 4.08. The second-order valence-electron chi connectivity index (χ2n) is 5.22. The molecule has 1 aliphatic rings. The van der Waals surface area contributed by atoms with Crippen LogP contribution < -0.4 is 15.0 Å². The minimum Gasteiger partial charge on any atom is -0.406 e. The first kappa shape index (κ1) is 16.9. The molecule has 6 nitrogen and oxygen atoms in total. The van der Waals surface area contributed by atoms with Gasteiger partial charge in [-0.25, -0.2) is 4.79 Å². The molecule has 1 saturated heterocycles. The van der Waals surface area contributed by atoms with Crippen LogP contribution in [0.4, 0.5) is 23.7 Å². The van der Waals surface area contributed by atoms with Gasteiger partial charge >= 0.3 is 12.4 Å². The van der Waals surface area contributed by atoms with Gasteiger partial charge < -0.3 is 19.9 Å². The molecule has 3 amide bonds. The van der Waals surface area contributed by atoms with Gasteiger partial charge in [0.15, 0.2) is 0 Å². The van der Waals surface area contributed by atoms with Gasteiger partial charge in [-0.1, -0.05) is 6.07 Å². The molecule has 0 aromatic heterocycles. The summed E-state index contributed by atoms with van der Waals surface area (Å²) >= 11 is 0. The molecule has 1 aromatic carbocycles. The smallest absolute Gasteiger partial charge is 0.406 e. The normalized spacial score (nSPS) is 18.0. The maximum absolute atomic E-state index is 12.3. The van der Waals surface area contributed by atoms with Gasteiger partial charge in [-0.2, -0.15) is 0 Å². The predicted octanol–water partition coefficient (Wildman–Crippen LogP) is 1.96. The van der Waals surface area contributed by atoms with Crippen LogP contribution in [0.1, 0.15) is 6.42 Å². The van der Waals surface area contributed by atoms with Gasteiger partial charge in [-0.3, -0.25) is 4.79 Å². The van der Waals surface area contributed by atoms with Gasteiger partial charge in [0.2, 0.25) is 5.91 Å². The number of amides is 3. The van der Waals surface area contributed by atoms with E-state index in [1.165, 1.54) is 21.9 Å². The summed E-state index contributed by atoms with van der Waals surface area (Å²) in [6.07, 6.45) is -4.42. The Hall–Kier alpha value is -2.45. The van der Waals surface area contributed by atoms with Gasteiger partial charge in [0.25, 0.3) is 0 Å². The molecule has 126 valence electrons. The molecule has 1 fully saturated rings. The fraction of sp³-hybridized carbons (Fsp3) is 0.429. The Morgan fingerprint density at radius 1 is 1.39 bits per heavy atom. The third-order valence-corrected chi connectivity index (χ3v) is 3.27. The Kier molecular flexibility index (Phi) is 4.67. The molecule has 0 unspecified atom stereocenters. The number of urea groups is 1. The standard InChI is InChI=1S/C14H16F3N3O3/c1-19(2)13(22)18-11-6-7-20(12(11)21)9-4-3-5-10(8-9)23-14(15,16)17/h3-5,8,11H,6-7H2,1-2H3,(H,18,22)/t11-/m1/s1. The van der Waals surface area contributed by atoms with Crippen molar-refractivity contribution in [2.45, 2.75) is 18.8 Å². The third-order valence-electron chi connectivity index (χ3n) is 3.27. The summed E-state index contributed by atoms with van der Waals surface area (Å²) in [7, 11) is 3.09. The van der Waals surface area contributed by atoms with Crippen LogP contribution in [0.2, 0.25) is 0 Å². The van der Waals surface area contributed by atoms with Gasteiger partial charge in [0.05, 0.1) is 0 Å². The molecule has 2 rings (SSSR count). The van der Waals surface area contributed by atoms with Crippen LogP contribution in [0.3, 0.4) is 0 Å². The largest absolute Gasteiger partial charge is 0.573 e. The zero-order valence-corrected chi connectivity index (χ0v) is 12.6. The Morgan fingerprint density at radius 2 is 2.09 bits per heavy atom. The number of carbonyl (C=O) groups excluding carboxylic acids is 2. The van der Waals surface area contributed by atoms with E-state index in [4.69, 9.17) is 0 Å². The summed E-state index contributed by atoms with van der Waals surface area (Å²) in [4.78, 5) is 26.5. The van der Waals surface area contributed by atoms with Crippen molar-refractivity contribution in [3.63, 3.8) is 0 Å². The van der Waals surface area contributed by atoms with E-state index in [2.05, 4.69) is 10.1 Å². The Balaban J connectivity index is 2.10. The minimum atomic E-state index is -4.80. The number of nitrogens with zero attached hydrogens (tertiary/aromatic N) is 2. The SMILES string of the molecule is CN(C)C(=O)N[C@@H]1CCN(c2cccc(OC(F)(F)F)c2)C1=O. The quantitative estimate of drug-likeness (QED) is 0.921. The lowest BCUT2D eigenvalue weighted by Gasteiger charge is -2.19. The number of anilines is 1. The van der Waals surface area contributed by atoms with Gasteiger partial charge in [-0.05, 0) is 18.6 Å². The van der Waals surface area contributed by atoms with E-state index in [0.29, 0.717) is 18.7 Å². The average molecular weight is 331 g/mol. The third kappa shape index (κ3) is 4.27. The van der Waals surface area contributed by atoms with E-state index in [-0.39, 0.29) is 5.91 Å². The fourth-order valence-electron chi connectivity index (χ4n) is 2.20. The topological polar surface area (TPSA) is 61.9 Å². The highest BCUT2D eigenvalue weighted by Crippen LogP contribution is 2.29. The van der Waals surface area contributed by atoms with Crippen molar-refractivity contribution in [1.29, 1.82) is 0 Å². The second-order valence-corrected chi connectivity index (χ2v) is 5.22. The molecule has 0 saturated carbocycles. The molecule has 1 atom stereocenters. The number of ether oxygens (including phenoxy) is 1. The van der Waals surface area contributed by atoms with Crippen molar-refractivity contribution in [2.75, 3.05) is 25.5 Å². The predicted molar refractivity (Wildman–Crippen MR) is 76.1 cm³/mol. The Morgan fingerprint density at radius 3 is 2.70 bits per heavy atom. The van der Waals surface area contributed by atoms with Crippen LogP contribution in [0.15, 0.2) is 24.3 Å². The first-order valence-corrected chi connectivity index (χ1v) is 6.82. The molecular formula is C14H16F3N3O3. The van der Waals surface area contributed by atoms with Gasteiger partial charge in [0, 0.05) is 32.4 Å². The van der Waals surface area contributed by atoms with E-state index < -0.39 is 24.2 Å². The first-order chi connectivity index (χ1) is 10.7. The second kappa shape index (κ2) is 6.35. The molecule has 0 spiro atoms. The lowest BCUT2D eigenvalue weighted by Crippen LogP contribution is -2.45. The zero-order valence-electron chi connectivity index (χ0n) is 12.6. The number of hydrogen-bond acceptors (Lipinski definition) is 3. The lowest BCUT2D eigenvalue weighted by atomic mass is 10.2. The van der Waals surface area contributed by atoms with Crippen LogP contribution in [-0.4, -0.2) is 49.9 Å². The van der Waals surface area contributed by atoms with Crippen molar-refractivity contribution in [2.24, 2.45) is 0 Å². The molecule has 9 heteroatoms. The number of nitrogens with one attached hydrogen (secondary N) is 1. The van der Waals surface area contributed by atoms with Crippen molar-refractivity contribution in [3.8, 4) is 5.75 Å². The lowest BCUT2D eigenvalue weighted by molar-refractivity contribution is -0.274. The first-order valence-electron chi connectivity index (χ1n) is 6.82. The average Bonchev–Trinajstić information content (AvgIpc) is 2.78. The van der Waals surface area contributed by atoms with Crippen LogP contribution in [-0.2, 0) is 4.79 Å². The van der Waals surface area contributed by atoms with Gasteiger partial charge in [0.1, 0.15) is 11.8 Å². The van der Waals surface area contributed by atoms with Crippen molar-refractivity contribution in [1.82, 2.24) is 10.2 Å². The van der Waals surface area contributed by atoms with Crippen LogP contribution in [0.25, 0.3) is 0 Å². The number of benzene rings is 1. The van der Waals surface area contributed by atoms with Crippen LogP contribution in [0, 0.1) is 0 Å².